The number of fused-ring (bicyclic) bond motifs is 3. The first-order chi connectivity index (χ1) is 21.3. The molecule has 6 aromatic carbocycles. The fourth-order valence-corrected chi connectivity index (χ4v) is 4.41. The maximum absolute atomic E-state index is 10.7. The van der Waals surface area contributed by atoms with Gasteiger partial charge in [-0.1, -0.05) is 36.4 Å². The van der Waals surface area contributed by atoms with E-state index in [0.717, 1.165) is 0 Å². The van der Waals surface area contributed by atoms with Gasteiger partial charge in [0, 0.05) is 51.8 Å². The van der Waals surface area contributed by atoms with Crippen molar-refractivity contribution in [3.63, 3.8) is 0 Å². The van der Waals surface area contributed by atoms with E-state index in [-0.39, 0.29) is 86.8 Å². The van der Waals surface area contributed by atoms with Crippen LogP contribution >= 0.6 is 0 Å². The van der Waals surface area contributed by atoms with Crippen LogP contribution in [0.4, 0.5) is 0 Å². The van der Waals surface area contributed by atoms with Crippen LogP contribution in [0.15, 0.2) is 91.0 Å². The molecule has 0 aromatic heterocycles. The van der Waals surface area contributed by atoms with Gasteiger partial charge in [-0.05, 0) is 70.8 Å². The molecule has 0 aliphatic carbocycles. The molecule has 0 heterocycles. The minimum Gasteiger partial charge on any atom is -0.507 e. The van der Waals surface area contributed by atoms with Crippen LogP contribution in [-0.4, -0.2) is 63.9 Å². The summed E-state index contributed by atoms with van der Waals surface area (Å²) < 4.78 is 0. The first kappa shape index (κ1) is 35.0. The third-order valence-electron chi connectivity index (χ3n) is 6.61. The van der Waals surface area contributed by atoms with Gasteiger partial charge in [0.15, 0.2) is 0 Å². The molecule has 0 atom stereocenters. The van der Waals surface area contributed by atoms with E-state index in [0.29, 0.717) is 32.3 Å². The van der Waals surface area contributed by atoms with Crippen molar-refractivity contribution in [1.82, 2.24) is 0 Å². The van der Waals surface area contributed by atoms with Crippen LogP contribution in [0.1, 0.15) is 31.1 Å². The second-order valence-corrected chi connectivity index (χ2v) is 9.52. The Morgan fingerprint density at radius 3 is 0.826 bits per heavy atom. The molecule has 0 spiro atoms. The Balaban J connectivity index is 0.000000186. The zero-order chi connectivity index (χ0) is 33.0. The average Bonchev–Trinajstić information content (AvgIpc) is 2.98. The van der Waals surface area contributed by atoms with E-state index in [2.05, 4.69) is 0 Å². The number of phenols is 6. The van der Waals surface area contributed by atoms with E-state index in [1.807, 2.05) is 0 Å². The number of hydrogen-bond acceptors (Lipinski definition) is 9. The predicted octanol–water partition coefficient (Wildman–Crippen LogP) is 5.85. The molecule has 6 rings (SSSR count). The summed E-state index contributed by atoms with van der Waals surface area (Å²) in [7, 11) is 0. The van der Waals surface area contributed by atoms with Gasteiger partial charge in [0.05, 0.1) is 0 Å². The molecule has 0 saturated heterocycles. The van der Waals surface area contributed by atoms with E-state index in [4.69, 9.17) is 15.3 Å². The van der Waals surface area contributed by atoms with E-state index in [1.54, 1.807) is 36.4 Å². The van der Waals surface area contributed by atoms with Gasteiger partial charge in [-0.15, -0.1) is 0 Å². The van der Waals surface area contributed by atoms with Gasteiger partial charge in [0.25, 0.3) is 0 Å². The average molecular weight is 751 g/mol. The smallest absolute Gasteiger partial charge is 0.339 e. The zero-order valence-electron chi connectivity index (χ0n) is 23.5. The second-order valence-electron chi connectivity index (χ2n) is 9.52. The standard InChI is InChI=1S/3C11H8O4.La/c3*12-9-3-1-2-6-4-8(11(14)15)10(13)5-7(6)9;/h3*1-5,12-13H,(H,14,15);. The molecule has 0 aliphatic rings. The van der Waals surface area contributed by atoms with Crippen LogP contribution in [-0.2, 0) is 0 Å². The number of phenolic OH excluding ortho intramolecular Hbond substituents is 3. The fourth-order valence-electron chi connectivity index (χ4n) is 4.41. The summed E-state index contributed by atoms with van der Waals surface area (Å²) in [6.45, 7) is 0. The van der Waals surface area contributed by atoms with Crippen LogP contribution in [0.2, 0.25) is 0 Å². The number of aromatic carboxylic acids is 3. The molecule has 6 aromatic rings. The fraction of sp³-hybridized carbons (Fsp3) is 0. The number of hydrogen-bond donors (Lipinski definition) is 9. The van der Waals surface area contributed by atoms with Gasteiger partial charge in [-0.2, -0.15) is 0 Å². The normalized spacial score (nSPS) is 10.2. The number of rotatable bonds is 3. The van der Waals surface area contributed by atoms with Crippen molar-refractivity contribution in [1.29, 1.82) is 0 Å². The monoisotopic (exact) mass is 751 g/mol. The minimum atomic E-state index is -1.20. The molecule has 0 bridgehead atoms. The van der Waals surface area contributed by atoms with Crippen LogP contribution in [0.25, 0.3) is 32.3 Å². The molecule has 231 valence electrons. The number of aromatic hydroxyl groups is 6. The Bertz CT molecular complexity index is 1880. The Morgan fingerprint density at radius 2 is 0.609 bits per heavy atom. The third-order valence-corrected chi connectivity index (χ3v) is 6.61. The van der Waals surface area contributed by atoms with Gasteiger partial charge < -0.3 is 46.0 Å². The topological polar surface area (TPSA) is 233 Å². The molecule has 0 amide bonds. The van der Waals surface area contributed by atoms with Crippen molar-refractivity contribution in [3.8, 4) is 34.5 Å². The number of carboxylic acids is 3. The maximum atomic E-state index is 10.7. The van der Waals surface area contributed by atoms with Gasteiger partial charge in [-0.25, -0.2) is 14.4 Å². The summed E-state index contributed by atoms with van der Waals surface area (Å²) in [5, 5.41) is 86.0. The number of carboxylic acid groups (broad SMARTS) is 3. The predicted molar refractivity (Wildman–Crippen MR) is 163 cm³/mol. The van der Waals surface area contributed by atoms with E-state index < -0.39 is 17.9 Å². The third kappa shape index (κ3) is 7.58. The minimum absolute atomic E-state index is 0. The Kier molecular flexibility index (Phi) is 11.0. The van der Waals surface area contributed by atoms with Gasteiger partial charge >= 0.3 is 17.9 Å². The Labute approximate surface area is 286 Å². The SMILES string of the molecule is O=C(O)c1cc2cccc(O)c2cc1O.O=C(O)c1cc2cccc(O)c2cc1O.O=C(O)c1cc2cccc(O)c2cc1O.[La]. The van der Waals surface area contributed by atoms with E-state index in [1.165, 1.54) is 54.6 Å². The van der Waals surface area contributed by atoms with Crippen LogP contribution < -0.4 is 0 Å². The van der Waals surface area contributed by atoms with E-state index in [9.17, 15) is 45.0 Å². The second kappa shape index (κ2) is 14.5. The van der Waals surface area contributed by atoms with Crippen molar-refractivity contribution < 1.29 is 95.9 Å². The first-order valence-corrected chi connectivity index (χ1v) is 12.8. The first-order valence-electron chi connectivity index (χ1n) is 12.8. The quantitative estimate of drug-likeness (QED) is 0.104. The summed E-state index contributed by atoms with van der Waals surface area (Å²) in [6, 6.07) is 22.0. The zero-order valence-corrected chi connectivity index (χ0v) is 27.1. The van der Waals surface area contributed by atoms with Crippen molar-refractivity contribution in [2.75, 3.05) is 0 Å². The van der Waals surface area contributed by atoms with Crippen LogP contribution in [0.3, 0.4) is 0 Å². The Morgan fingerprint density at radius 1 is 0.370 bits per heavy atom. The molecule has 0 saturated carbocycles. The summed E-state index contributed by atoms with van der Waals surface area (Å²) in [5.74, 6) is -4.60. The molecule has 9 N–H and O–H groups in total. The molecule has 0 fully saturated rings. The maximum Gasteiger partial charge on any atom is 0.339 e. The van der Waals surface area contributed by atoms with Gasteiger partial charge in [0.2, 0.25) is 0 Å². The van der Waals surface area contributed by atoms with E-state index >= 15 is 0 Å². The Hall–Kier alpha value is -5.50. The molecule has 0 aliphatic heterocycles. The largest absolute Gasteiger partial charge is 0.507 e. The van der Waals surface area contributed by atoms with Crippen molar-refractivity contribution in [2.45, 2.75) is 0 Å². The number of carbonyl (C=O) groups is 3. The van der Waals surface area contributed by atoms with Crippen LogP contribution in [0, 0.1) is 35.6 Å². The van der Waals surface area contributed by atoms with Crippen molar-refractivity contribution in [3.05, 3.63) is 108 Å². The number of benzene rings is 6. The summed E-state index contributed by atoms with van der Waals surface area (Å²) in [5.41, 5.74) is -0.519. The van der Waals surface area contributed by atoms with Gasteiger partial charge in [-0.3, -0.25) is 0 Å². The molecule has 0 unspecified atom stereocenters. The van der Waals surface area contributed by atoms with Gasteiger partial charge in [0.1, 0.15) is 51.2 Å². The van der Waals surface area contributed by atoms with Crippen molar-refractivity contribution in [2.24, 2.45) is 0 Å². The summed E-state index contributed by atoms with van der Waals surface area (Å²) >= 11 is 0. The summed E-state index contributed by atoms with van der Waals surface area (Å²) in [4.78, 5) is 32.2. The molecular weight excluding hydrogens is 727 g/mol. The molecule has 12 nitrogen and oxygen atoms in total. The molecular formula is C33H24LaO12. The summed E-state index contributed by atoms with van der Waals surface area (Å²) in [6.07, 6.45) is 0. The van der Waals surface area contributed by atoms with Crippen molar-refractivity contribution >= 4 is 50.2 Å². The molecule has 46 heavy (non-hydrogen) atoms. The van der Waals surface area contributed by atoms with Crippen LogP contribution in [0.5, 0.6) is 34.5 Å². The molecule has 1 radical (unpaired) electrons. The molecule has 13 heteroatoms.